The molecule has 0 amide bonds. The van der Waals surface area contributed by atoms with Crippen molar-refractivity contribution in [3.63, 3.8) is 0 Å². The quantitative estimate of drug-likeness (QED) is 0.501. The van der Waals surface area contributed by atoms with Crippen LogP contribution in [0.25, 0.3) is 0 Å². The van der Waals surface area contributed by atoms with E-state index in [0.29, 0.717) is 0 Å². The SMILES string of the molecule is CCCCCCCN(/C=C/[C@@H](CO)NS(=O)C(C)(C)C)CCC. The molecule has 138 valence electrons. The van der Waals surface area contributed by atoms with E-state index in [0.717, 1.165) is 19.5 Å². The molecule has 2 N–H and O–H groups in total. The van der Waals surface area contributed by atoms with Gasteiger partial charge in [-0.05, 0) is 45.9 Å². The third-order valence-corrected chi connectivity index (χ3v) is 5.23. The number of hydrogen-bond donors (Lipinski definition) is 2. The third-order valence-electron chi connectivity index (χ3n) is 3.60. The first-order valence-electron chi connectivity index (χ1n) is 9.06. The lowest BCUT2D eigenvalue weighted by Crippen LogP contribution is -2.40. The van der Waals surface area contributed by atoms with E-state index in [-0.39, 0.29) is 17.4 Å². The maximum atomic E-state index is 12.1. The van der Waals surface area contributed by atoms with E-state index in [1.54, 1.807) is 0 Å². The fourth-order valence-electron chi connectivity index (χ4n) is 2.14. The molecule has 0 radical (unpaired) electrons. The molecule has 0 aromatic heterocycles. The molecule has 0 spiro atoms. The van der Waals surface area contributed by atoms with E-state index in [1.807, 2.05) is 26.8 Å². The number of rotatable bonds is 13. The third kappa shape index (κ3) is 11.7. The lowest BCUT2D eigenvalue weighted by atomic mass is 10.1. The molecule has 5 heteroatoms. The highest BCUT2D eigenvalue weighted by Gasteiger charge is 2.21. The van der Waals surface area contributed by atoms with Gasteiger partial charge in [-0.25, -0.2) is 8.93 Å². The van der Waals surface area contributed by atoms with Gasteiger partial charge in [-0.15, -0.1) is 0 Å². The summed E-state index contributed by atoms with van der Waals surface area (Å²) in [5.74, 6) is 0. The largest absolute Gasteiger partial charge is 0.394 e. The Hall–Kier alpha value is -0.390. The topological polar surface area (TPSA) is 52.6 Å². The summed E-state index contributed by atoms with van der Waals surface area (Å²) in [7, 11) is -1.17. The van der Waals surface area contributed by atoms with Crippen molar-refractivity contribution < 1.29 is 9.32 Å². The highest BCUT2D eigenvalue weighted by Crippen LogP contribution is 2.10. The first-order valence-corrected chi connectivity index (χ1v) is 10.2. The Morgan fingerprint density at radius 1 is 1.09 bits per heavy atom. The second kappa shape index (κ2) is 13.0. The minimum absolute atomic E-state index is 0.0468. The van der Waals surface area contributed by atoms with Gasteiger partial charge in [0, 0.05) is 13.1 Å². The number of aliphatic hydroxyl groups excluding tert-OH is 1. The Morgan fingerprint density at radius 2 is 1.74 bits per heavy atom. The predicted molar refractivity (Wildman–Crippen MR) is 102 cm³/mol. The van der Waals surface area contributed by atoms with Crippen molar-refractivity contribution in [2.24, 2.45) is 0 Å². The summed E-state index contributed by atoms with van der Waals surface area (Å²) in [6, 6.07) is -0.269. The Labute approximate surface area is 146 Å². The van der Waals surface area contributed by atoms with Crippen molar-refractivity contribution in [1.29, 1.82) is 0 Å². The maximum Gasteiger partial charge on any atom is 0.0976 e. The maximum absolute atomic E-state index is 12.1. The van der Waals surface area contributed by atoms with Crippen molar-refractivity contribution >= 4 is 11.0 Å². The number of hydrogen-bond acceptors (Lipinski definition) is 3. The number of nitrogens with one attached hydrogen (secondary N) is 1. The average Bonchev–Trinajstić information content (AvgIpc) is 2.49. The van der Waals surface area contributed by atoms with Crippen molar-refractivity contribution in [1.82, 2.24) is 9.62 Å². The Bertz CT molecular complexity index is 340. The van der Waals surface area contributed by atoms with E-state index in [4.69, 9.17) is 0 Å². The molecule has 0 aromatic carbocycles. The van der Waals surface area contributed by atoms with Gasteiger partial charge < -0.3 is 10.0 Å². The summed E-state index contributed by atoms with van der Waals surface area (Å²) in [5, 5.41) is 9.49. The molecular formula is C18H38N2O2S. The summed E-state index contributed by atoms with van der Waals surface area (Å²) in [6.45, 7) is 12.2. The van der Waals surface area contributed by atoms with Gasteiger partial charge in [0.1, 0.15) is 0 Å². The minimum Gasteiger partial charge on any atom is -0.394 e. The van der Waals surface area contributed by atoms with Crippen LogP contribution in [0.1, 0.15) is 73.1 Å². The lowest BCUT2D eigenvalue weighted by molar-refractivity contribution is 0.275. The zero-order valence-electron chi connectivity index (χ0n) is 15.8. The Balaban J connectivity index is 4.39. The van der Waals surface area contributed by atoms with Crippen molar-refractivity contribution in [2.75, 3.05) is 19.7 Å². The van der Waals surface area contributed by atoms with Crippen molar-refractivity contribution in [2.45, 2.75) is 83.9 Å². The monoisotopic (exact) mass is 346 g/mol. The minimum atomic E-state index is -1.17. The van der Waals surface area contributed by atoms with Crippen LogP contribution in [0.15, 0.2) is 12.3 Å². The van der Waals surface area contributed by atoms with E-state index in [9.17, 15) is 9.32 Å². The van der Waals surface area contributed by atoms with Gasteiger partial charge in [0.2, 0.25) is 0 Å². The number of aliphatic hydroxyl groups is 1. The van der Waals surface area contributed by atoms with Crippen LogP contribution < -0.4 is 4.72 Å². The molecule has 4 nitrogen and oxygen atoms in total. The van der Waals surface area contributed by atoms with Crippen LogP contribution in [0.5, 0.6) is 0 Å². The molecule has 23 heavy (non-hydrogen) atoms. The molecule has 0 saturated heterocycles. The normalized spacial score (nSPS) is 15.0. The van der Waals surface area contributed by atoms with Gasteiger partial charge in [-0.1, -0.05) is 39.5 Å². The number of unbranched alkanes of at least 4 members (excludes halogenated alkanes) is 4. The van der Waals surface area contributed by atoms with Gasteiger partial charge in [0.05, 0.1) is 28.4 Å². The van der Waals surface area contributed by atoms with Crippen LogP contribution in [0.3, 0.4) is 0 Å². The standard InChI is InChI=1S/C18H38N2O2S/c1-6-8-9-10-11-14-20(13-7-2)15-12-17(16-21)19-23(22)18(3,4)5/h12,15,17,19,21H,6-11,13-14,16H2,1-5H3/b15-12+/t17-,23?/m0/s1. The van der Waals surface area contributed by atoms with Crippen LogP contribution in [-0.4, -0.2) is 44.7 Å². The van der Waals surface area contributed by atoms with Crippen LogP contribution in [-0.2, 0) is 11.0 Å². The van der Waals surface area contributed by atoms with Crippen LogP contribution in [0.4, 0.5) is 0 Å². The fourth-order valence-corrected chi connectivity index (χ4v) is 2.93. The Morgan fingerprint density at radius 3 is 2.26 bits per heavy atom. The highest BCUT2D eigenvalue weighted by molar-refractivity contribution is 7.84. The number of nitrogens with zero attached hydrogens (tertiary/aromatic N) is 1. The first kappa shape index (κ1) is 22.6. The van der Waals surface area contributed by atoms with Crippen LogP contribution in [0, 0.1) is 0 Å². The molecule has 2 atom stereocenters. The smallest absolute Gasteiger partial charge is 0.0976 e. The molecule has 1 unspecified atom stereocenters. The molecule has 0 aromatic rings. The summed E-state index contributed by atoms with van der Waals surface area (Å²) in [4.78, 5) is 2.30. The van der Waals surface area contributed by atoms with Gasteiger partial charge in [-0.3, -0.25) is 0 Å². The zero-order valence-corrected chi connectivity index (χ0v) is 16.6. The average molecular weight is 347 g/mol. The highest BCUT2D eigenvalue weighted by atomic mass is 32.2. The van der Waals surface area contributed by atoms with E-state index < -0.39 is 11.0 Å². The molecule has 0 bridgehead atoms. The van der Waals surface area contributed by atoms with Crippen molar-refractivity contribution in [3.05, 3.63) is 12.3 Å². The molecule has 0 aliphatic heterocycles. The van der Waals surface area contributed by atoms with E-state index in [2.05, 4.69) is 29.7 Å². The van der Waals surface area contributed by atoms with Gasteiger partial charge >= 0.3 is 0 Å². The second-order valence-corrected chi connectivity index (χ2v) is 9.08. The second-order valence-electron chi connectivity index (χ2n) is 7.08. The summed E-state index contributed by atoms with van der Waals surface area (Å²) < 4.78 is 14.8. The molecule has 0 aliphatic rings. The van der Waals surface area contributed by atoms with Crippen molar-refractivity contribution in [3.8, 4) is 0 Å². The predicted octanol–water partition coefficient (Wildman–Crippen LogP) is 3.60. The zero-order chi connectivity index (χ0) is 17.7. The first-order chi connectivity index (χ1) is 10.8. The molecule has 0 heterocycles. The summed E-state index contributed by atoms with van der Waals surface area (Å²) >= 11 is 0. The lowest BCUT2D eigenvalue weighted by Gasteiger charge is -2.23. The molecule has 0 saturated carbocycles. The fraction of sp³-hybridized carbons (Fsp3) is 0.889. The molecule has 0 rings (SSSR count). The van der Waals surface area contributed by atoms with Gasteiger partial charge in [0.15, 0.2) is 0 Å². The van der Waals surface area contributed by atoms with E-state index >= 15 is 0 Å². The van der Waals surface area contributed by atoms with E-state index in [1.165, 1.54) is 32.1 Å². The summed E-state index contributed by atoms with van der Waals surface area (Å²) in [6.07, 6.45) is 11.5. The Kier molecular flexibility index (Phi) is 12.7. The molecule has 0 fully saturated rings. The summed E-state index contributed by atoms with van der Waals surface area (Å²) in [5.41, 5.74) is 0. The van der Waals surface area contributed by atoms with Crippen LogP contribution >= 0.6 is 0 Å². The molecular weight excluding hydrogens is 308 g/mol. The van der Waals surface area contributed by atoms with Crippen LogP contribution in [0.2, 0.25) is 0 Å². The van der Waals surface area contributed by atoms with Gasteiger partial charge in [-0.2, -0.15) is 0 Å². The van der Waals surface area contributed by atoms with Gasteiger partial charge in [0.25, 0.3) is 0 Å². The molecule has 0 aliphatic carbocycles.